The van der Waals surface area contributed by atoms with E-state index in [1.807, 2.05) is 30.5 Å². The van der Waals surface area contributed by atoms with Crippen LogP contribution < -0.4 is 10.2 Å². The maximum Gasteiger partial charge on any atom is 0.0737 e. The van der Waals surface area contributed by atoms with E-state index in [4.69, 9.17) is 11.6 Å². The summed E-state index contributed by atoms with van der Waals surface area (Å²) in [6.07, 6.45) is 2.97. The molecule has 3 aromatic rings. The molecule has 0 spiro atoms. The van der Waals surface area contributed by atoms with Crippen LogP contribution in [0.4, 0.5) is 11.4 Å². The molecule has 0 radical (unpaired) electrons. The Bertz CT molecular complexity index is 918. The Morgan fingerprint density at radius 1 is 1.00 bits per heavy atom. The lowest BCUT2D eigenvalue weighted by atomic mass is 10.2. The van der Waals surface area contributed by atoms with E-state index in [-0.39, 0.29) is 0 Å². The molecule has 0 atom stereocenters. The van der Waals surface area contributed by atoms with E-state index in [0.29, 0.717) is 0 Å². The first-order chi connectivity index (χ1) is 13.7. The molecule has 1 N–H and O–H groups in total. The Morgan fingerprint density at radius 2 is 1.79 bits per heavy atom. The predicted octanol–water partition coefficient (Wildman–Crippen LogP) is 4.82. The minimum atomic E-state index is 0.724. The Hall–Kier alpha value is -2.30. The molecule has 4 rings (SSSR count). The van der Waals surface area contributed by atoms with Crippen molar-refractivity contribution in [1.82, 2.24) is 9.88 Å². The molecule has 0 amide bonds. The number of halogens is 1. The number of piperazine rings is 1. The molecule has 4 nitrogen and oxygen atoms in total. The molecule has 1 aromatic heterocycles. The van der Waals surface area contributed by atoms with Crippen LogP contribution in [0.2, 0.25) is 5.02 Å². The van der Waals surface area contributed by atoms with E-state index in [2.05, 4.69) is 51.3 Å². The van der Waals surface area contributed by atoms with Crippen LogP contribution in [0.25, 0.3) is 10.9 Å². The first-order valence-corrected chi connectivity index (χ1v) is 10.4. The quantitative estimate of drug-likeness (QED) is 0.607. The Kier molecular flexibility index (Phi) is 5.98. The van der Waals surface area contributed by atoms with Gasteiger partial charge in [0.2, 0.25) is 0 Å². The average molecular weight is 395 g/mol. The van der Waals surface area contributed by atoms with Crippen LogP contribution in [0.5, 0.6) is 0 Å². The van der Waals surface area contributed by atoms with Gasteiger partial charge < -0.3 is 10.2 Å². The van der Waals surface area contributed by atoms with Crippen LogP contribution >= 0.6 is 11.6 Å². The van der Waals surface area contributed by atoms with Crippen molar-refractivity contribution >= 4 is 33.9 Å². The van der Waals surface area contributed by atoms with Gasteiger partial charge in [-0.2, -0.15) is 0 Å². The van der Waals surface area contributed by atoms with Crippen LogP contribution in [0.3, 0.4) is 0 Å². The maximum absolute atomic E-state index is 6.07. The zero-order valence-electron chi connectivity index (χ0n) is 16.4. The number of aromatic nitrogens is 1. The molecule has 1 aliphatic rings. The van der Waals surface area contributed by atoms with Gasteiger partial charge in [-0.15, -0.1) is 0 Å². The highest BCUT2D eigenvalue weighted by Gasteiger charge is 2.16. The molecule has 28 heavy (non-hydrogen) atoms. The number of nitrogens with one attached hydrogen (secondary N) is 1. The molecular weight excluding hydrogens is 368 g/mol. The van der Waals surface area contributed by atoms with Crippen molar-refractivity contribution in [2.45, 2.75) is 13.3 Å². The number of fused-ring (bicyclic) bond motifs is 1. The fourth-order valence-electron chi connectivity index (χ4n) is 3.79. The molecule has 5 heteroatoms. The van der Waals surface area contributed by atoms with Gasteiger partial charge in [-0.05, 0) is 56.3 Å². The SMILES string of the molecule is Cc1ccc(N2CCN(CCCNc3ccnc4cc(Cl)ccc34)CC2)cc1. The van der Waals surface area contributed by atoms with E-state index >= 15 is 0 Å². The van der Waals surface area contributed by atoms with Gasteiger partial charge in [0.1, 0.15) is 0 Å². The van der Waals surface area contributed by atoms with Crippen molar-refractivity contribution in [1.29, 1.82) is 0 Å². The van der Waals surface area contributed by atoms with Crippen molar-refractivity contribution in [2.24, 2.45) is 0 Å². The van der Waals surface area contributed by atoms with Crippen LogP contribution in [0.15, 0.2) is 54.7 Å². The van der Waals surface area contributed by atoms with E-state index in [9.17, 15) is 0 Å². The molecule has 1 fully saturated rings. The highest BCUT2D eigenvalue weighted by molar-refractivity contribution is 6.31. The molecule has 0 saturated carbocycles. The zero-order valence-corrected chi connectivity index (χ0v) is 17.1. The first kappa shape index (κ1) is 19.0. The third kappa shape index (κ3) is 4.57. The monoisotopic (exact) mass is 394 g/mol. The molecule has 0 unspecified atom stereocenters. The Balaban J connectivity index is 1.23. The van der Waals surface area contributed by atoms with Crippen molar-refractivity contribution in [3.05, 3.63) is 65.3 Å². The number of aryl methyl sites for hydroxylation is 1. The van der Waals surface area contributed by atoms with Gasteiger partial charge in [0, 0.05) is 60.7 Å². The van der Waals surface area contributed by atoms with Gasteiger partial charge in [-0.25, -0.2) is 0 Å². The predicted molar refractivity (Wildman–Crippen MR) is 120 cm³/mol. The van der Waals surface area contributed by atoms with Crippen LogP contribution in [-0.2, 0) is 0 Å². The molecule has 0 bridgehead atoms. The number of pyridine rings is 1. The molecule has 0 aliphatic carbocycles. The summed E-state index contributed by atoms with van der Waals surface area (Å²) < 4.78 is 0. The highest BCUT2D eigenvalue weighted by atomic mass is 35.5. The summed E-state index contributed by atoms with van der Waals surface area (Å²) in [5, 5.41) is 5.41. The topological polar surface area (TPSA) is 31.4 Å². The molecule has 2 aromatic carbocycles. The van der Waals surface area contributed by atoms with E-state index < -0.39 is 0 Å². The van der Waals surface area contributed by atoms with E-state index in [1.165, 1.54) is 11.3 Å². The second-order valence-corrected chi connectivity index (χ2v) is 7.90. The lowest BCUT2D eigenvalue weighted by Crippen LogP contribution is -2.46. The van der Waals surface area contributed by atoms with Crippen molar-refractivity contribution in [3.8, 4) is 0 Å². The number of anilines is 2. The highest BCUT2D eigenvalue weighted by Crippen LogP contribution is 2.24. The second-order valence-electron chi connectivity index (χ2n) is 7.46. The summed E-state index contributed by atoms with van der Waals surface area (Å²) in [5.74, 6) is 0. The number of rotatable bonds is 6. The maximum atomic E-state index is 6.07. The second kappa shape index (κ2) is 8.80. The minimum absolute atomic E-state index is 0.724. The molecule has 146 valence electrons. The molecule has 2 heterocycles. The molecule has 1 aliphatic heterocycles. The third-order valence-electron chi connectivity index (χ3n) is 5.44. The lowest BCUT2D eigenvalue weighted by Gasteiger charge is -2.36. The standard InChI is InChI=1S/C23H27ClN4/c1-18-3-6-20(7-4-18)28-15-13-27(14-16-28)12-2-10-25-22-9-11-26-23-17-19(24)5-8-21(22)23/h3-9,11,17H,2,10,12-16H2,1H3,(H,25,26). The number of benzene rings is 2. The van der Waals surface area contributed by atoms with Crippen LogP contribution in [0, 0.1) is 6.92 Å². The summed E-state index contributed by atoms with van der Waals surface area (Å²) >= 11 is 6.07. The third-order valence-corrected chi connectivity index (χ3v) is 5.68. The smallest absolute Gasteiger partial charge is 0.0737 e. The lowest BCUT2D eigenvalue weighted by molar-refractivity contribution is 0.257. The summed E-state index contributed by atoms with van der Waals surface area (Å²) in [5.41, 5.74) is 4.73. The summed E-state index contributed by atoms with van der Waals surface area (Å²) in [6.45, 7) is 8.69. The van der Waals surface area contributed by atoms with Gasteiger partial charge >= 0.3 is 0 Å². The fourth-order valence-corrected chi connectivity index (χ4v) is 3.95. The minimum Gasteiger partial charge on any atom is -0.384 e. The molecular formula is C23H27ClN4. The van der Waals surface area contributed by atoms with E-state index in [1.54, 1.807) is 0 Å². The Labute approximate surface area is 172 Å². The largest absolute Gasteiger partial charge is 0.384 e. The Morgan fingerprint density at radius 3 is 2.57 bits per heavy atom. The number of hydrogen-bond donors (Lipinski definition) is 1. The number of hydrogen-bond acceptors (Lipinski definition) is 4. The van der Waals surface area contributed by atoms with Crippen LogP contribution in [0.1, 0.15) is 12.0 Å². The van der Waals surface area contributed by atoms with Gasteiger partial charge in [0.05, 0.1) is 5.52 Å². The first-order valence-electron chi connectivity index (χ1n) is 10.0. The van der Waals surface area contributed by atoms with E-state index in [0.717, 1.165) is 67.3 Å². The number of nitrogens with zero attached hydrogens (tertiary/aromatic N) is 3. The summed E-state index contributed by atoms with van der Waals surface area (Å²) in [7, 11) is 0. The zero-order chi connectivity index (χ0) is 19.3. The van der Waals surface area contributed by atoms with Gasteiger partial charge in [-0.1, -0.05) is 29.3 Å². The van der Waals surface area contributed by atoms with Gasteiger partial charge in [-0.3, -0.25) is 9.88 Å². The summed E-state index contributed by atoms with van der Waals surface area (Å²) in [4.78, 5) is 9.46. The van der Waals surface area contributed by atoms with Crippen molar-refractivity contribution in [3.63, 3.8) is 0 Å². The van der Waals surface area contributed by atoms with Crippen LogP contribution in [-0.4, -0.2) is 49.2 Å². The van der Waals surface area contributed by atoms with Gasteiger partial charge in [0.15, 0.2) is 0 Å². The van der Waals surface area contributed by atoms with Crippen molar-refractivity contribution < 1.29 is 0 Å². The average Bonchev–Trinajstić information content (AvgIpc) is 2.72. The summed E-state index contributed by atoms with van der Waals surface area (Å²) in [6, 6.07) is 16.8. The molecule has 1 saturated heterocycles. The van der Waals surface area contributed by atoms with Crippen molar-refractivity contribution in [2.75, 3.05) is 49.5 Å². The van der Waals surface area contributed by atoms with Gasteiger partial charge in [0.25, 0.3) is 0 Å². The normalized spacial score (nSPS) is 15.1. The fraction of sp³-hybridized carbons (Fsp3) is 0.348.